The Labute approximate surface area is 115 Å². The highest BCUT2D eigenvalue weighted by atomic mass is 16.6. The maximum Gasteiger partial charge on any atom is 0.226 e. The van der Waals surface area contributed by atoms with Crippen molar-refractivity contribution in [1.29, 1.82) is 0 Å². The molecule has 0 spiro atoms. The molecule has 110 valence electrons. The van der Waals surface area contributed by atoms with Crippen molar-refractivity contribution < 1.29 is 14.3 Å². The van der Waals surface area contributed by atoms with E-state index in [1.165, 1.54) is 0 Å². The number of nitrogens with one attached hydrogen (secondary N) is 2. The highest BCUT2D eigenvalue weighted by Crippen LogP contribution is 2.34. The number of amides is 1. The molecule has 2 N–H and O–H groups in total. The first-order valence-corrected chi connectivity index (χ1v) is 7.45. The first-order chi connectivity index (χ1) is 9.27. The van der Waals surface area contributed by atoms with E-state index in [-0.39, 0.29) is 17.4 Å². The van der Waals surface area contributed by atoms with E-state index < -0.39 is 0 Å². The Bertz CT molecular complexity index is 279. The van der Waals surface area contributed by atoms with Crippen LogP contribution in [0.5, 0.6) is 0 Å². The number of hydrogen-bond donors (Lipinski definition) is 2. The van der Waals surface area contributed by atoms with Gasteiger partial charge in [0.2, 0.25) is 5.91 Å². The Hall–Kier alpha value is -0.650. The van der Waals surface area contributed by atoms with Crippen molar-refractivity contribution in [2.24, 2.45) is 5.41 Å². The van der Waals surface area contributed by atoms with Crippen LogP contribution in [-0.4, -0.2) is 51.5 Å². The average molecular weight is 270 g/mol. The molecule has 1 atom stereocenters. The molecular formula is C14H26N2O3. The van der Waals surface area contributed by atoms with Crippen LogP contribution in [0.4, 0.5) is 0 Å². The van der Waals surface area contributed by atoms with Crippen LogP contribution >= 0.6 is 0 Å². The number of hydrogen-bond acceptors (Lipinski definition) is 4. The second kappa shape index (κ2) is 7.22. The topological polar surface area (TPSA) is 59.6 Å². The molecule has 2 rings (SSSR count). The summed E-state index contributed by atoms with van der Waals surface area (Å²) in [4.78, 5) is 12.5. The van der Waals surface area contributed by atoms with Crippen molar-refractivity contribution in [2.75, 3.05) is 39.5 Å². The number of carbonyl (C=O) groups is 1. The highest BCUT2D eigenvalue weighted by molar-refractivity contribution is 5.82. The van der Waals surface area contributed by atoms with Crippen LogP contribution in [0.15, 0.2) is 0 Å². The van der Waals surface area contributed by atoms with E-state index in [1.807, 2.05) is 0 Å². The van der Waals surface area contributed by atoms with Crippen molar-refractivity contribution in [3.8, 4) is 0 Å². The van der Waals surface area contributed by atoms with Crippen LogP contribution < -0.4 is 10.6 Å². The molecule has 2 heterocycles. The van der Waals surface area contributed by atoms with Crippen LogP contribution in [0.25, 0.3) is 0 Å². The van der Waals surface area contributed by atoms with E-state index in [1.54, 1.807) is 0 Å². The van der Waals surface area contributed by atoms with Crippen molar-refractivity contribution in [3.05, 3.63) is 0 Å². The van der Waals surface area contributed by atoms with Crippen LogP contribution in [0, 0.1) is 5.41 Å². The lowest BCUT2D eigenvalue weighted by Gasteiger charge is -2.36. The predicted octanol–water partition coefficient (Wildman–Crippen LogP) is 0.688. The average Bonchev–Trinajstić information content (AvgIpc) is 2.47. The zero-order chi connectivity index (χ0) is 13.6. The summed E-state index contributed by atoms with van der Waals surface area (Å²) in [7, 11) is 0. The molecule has 2 aliphatic rings. The number of rotatable bonds is 5. The Morgan fingerprint density at radius 2 is 2.16 bits per heavy atom. The first kappa shape index (κ1) is 14.8. The van der Waals surface area contributed by atoms with E-state index in [4.69, 9.17) is 9.47 Å². The van der Waals surface area contributed by atoms with Gasteiger partial charge in [-0.15, -0.1) is 0 Å². The van der Waals surface area contributed by atoms with Gasteiger partial charge in [0.25, 0.3) is 0 Å². The fraction of sp³-hybridized carbons (Fsp3) is 0.929. The van der Waals surface area contributed by atoms with Crippen molar-refractivity contribution >= 4 is 5.91 Å². The van der Waals surface area contributed by atoms with E-state index in [0.29, 0.717) is 26.4 Å². The third-order valence-electron chi connectivity index (χ3n) is 4.15. The summed E-state index contributed by atoms with van der Waals surface area (Å²) >= 11 is 0. The molecule has 2 aliphatic heterocycles. The Morgan fingerprint density at radius 3 is 2.79 bits per heavy atom. The minimum atomic E-state index is -0.171. The van der Waals surface area contributed by atoms with Gasteiger partial charge in [0.15, 0.2) is 0 Å². The normalized spacial score (nSPS) is 26.9. The maximum atomic E-state index is 12.5. The largest absolute Gasteiger partial charge is 0.376 e. The summed E-state index contributed by atoms with van der Waals surface area (Å²) in [5.41, 5.74) is -0.171. The summed E-state index contributed by atoms with van der Waals surface area (Å²) in [5, 5.41) is 6.41. The maximum absolute atomic E-state index is 12.5. The predicted molar refractivity (Wildman–Crippen MR) is 73.0 cm³/mol. The molecule has 5 heteroatoms. The lowest BCUT2D eigenvalue weighted by atomic mass is 9.74. The van der Waals surface area contributed by atoms with Gasteiger partial charge in [-0.3, -0.25) is 4.79 Å². The second-order valence-electron chi connectivity index (χ2n) is 5.56. The van der Waals surface area contributed by atoms with E-state index >= 15 is 0 Å². The van der Waals surface area contributed by atoms with Crippen LogP contribution in [0.1, 0.15) is 32.6 Å². The van der Waals surface area contributed by atoms with Gasteiger partial charge in [-0.25, -0.2) is 0 Å². The van der Waals surface area contributed by atoms with Gasteiger partial charge >= 0.3 is 0 Å². The fourth-order valence-corrected chi connectivity index (χ4v) is 3.02. The molecule has 0 aromatic heterocycles. The molecular weight excluding hydrogens is 244 g/mol. The minimum Gasteiger partial charge on any atom is -0.376 e. The summed E-state index contributed by atoms with van der Waals surface area (Å²) in [6.07, 6.45) is 3.92. The molecule has 0 aromatic rings. The van der Waals surface area contributed by atoms with Gasteiger partial charge in [-0.05, 0) is 32.4 Å². The molecule has 5 nitrogen and oxygen atoms in total. The third kappa shape index (κ3) is 3.91. The molecule has 19 heavy (non-hydrogen) atoms. The molecule has 0 radical (unpaired) electrons. The van der Waals surface area contributed by atoms with Crippen LogP contribution in [0.2, 0.25) is 0 Å². The molecule has 0 saturated carbocycles. The lowest BCUT2D eigenvalue weighted by molar-refractivity contribution is -0.135. The van der Waals surface area contributed by atoms with Crippen LogP contribution in [0.3, 0.4) is 0 Å². The monoisotopic (exact) mass is 270 g/mol. The van der Waals surface area contributed by atoms with E-state index in [9.17, 15) is 4.79 Å². The molecule has 2 fully saturated rings. The zero-order valence-electron chi connectivity index (χ0n) is 11.9. The third-order valence-corrected chi connectivity index (χ3v) is 4.15. The number of piperidine rings is 1. The Morgan fingerprint density at radius 1 is 1.37 bits per heavy atom. The Balaban J connectivity index is 1.84. The van der Waals surface area contributed by atoms with Gasteiger partial charge < -0.3 is 20.1 Å². The standard InChI is InChI=1S/C14H26N2O3/c1-2-3-14(4-6-15-7-5-14)13(17)16-10-12-11-18-8-9-19-12/h12,15H,2-11H2,1H3,(H,16,17). The summed E-state index contributed by atoms with van der Waals surface area (Å²) < 4.78 is 10.9. The summed E-state index contributed by atoms with van der Waals surface area (Å²) in [6.45, 7) is 6.48. The van der Waals surface area contributed by atoms with E-state index in [0.717, 1.165) is 38.8 Å². The zero-order valence-corrected chi connectivity index (χ0v) is 11.9. The lowest BCUT2D eigenvalue weighted by Crippen LogP contribution is -2.50. The summed E-state index contributed by atoms with van der Waals surface area (Å²) in [5.74, 6) is 0.199. The van der Waals surface area contributed by atoms with Gasteiger partial charge in [-0.1, -0.05) is 13.3 Å². The van der Waals surface area contributed by atoms with Gasteiger partial charge in [0, 0.05) is 6.54 Å². The number of ether oxygens (including phenoxy) is 2. The first-order valence-electron chi connectivity index (χ1n) is 7.45. The fourth-order valence-electron chi connectivity index (χ4n) is 3.02. The molecule has 1 amide bonds. The van der Waals surface area contributed by atoms with Crippen LogP contribution in [-0.2, 0) is 14.3 Å². The minimum absolute atomic E-state index is 0.0121. The van der Waals surface area contributed by atoms with Gasteiger partial charge in [0.05, 0.1) is 31.3 Å². The van der Waals surface area contributed by atoms with Crippen molar-refractivity contribution in [1.82, 2.24) is 10.6 Å². The molecule has 1 unspecified atom stereocenters. The molecule has 0 bridgehead atoms. The number of carbonyl (C=O) groups excluding carboxylic acids is 1. The van der Waals surface area contributed by atoms with Crippen molar-refractivity contribution in [3.63, 3.8) is 0 Å². The Kier molecular flexibility index (Phi) is 5.60. The van der Waals surface area contributed by atoms with Crippen molar-refractivity contribution in [2.45, 2.75) is 38.7 Å². The highest BCUT2D eigenvalue weighted by Gasteiger charge is 2.38. The van der Waals surface area contributed by atoms with Gasteiger partial charge in [-0.2, -0.15) is 0 Å². The van der Waals surface area contributed by atoms with E-state index in [2.05, 4.69) is 17.6 Å². The summed E-state index contributed by atoms with van der Waals surface area (Å²) in [6, 6.07) is 0. The smallest absolute Gasteiger partial charge is 0.226 e. The second-order valence-corrected chi connectivity index (χ2v) is 5.56. The molecule has 0 aliphatic carbocycles. The molecule has 2 saturated heterocycles. The SMILES string of the molecule is CCCC1(C(=O)NCC2COCCO2)CCNCC1. The quantitative estimate of drug-likeness (QED) is 0.771. The molecule has 0 aromatic carbocycles. The van der Waals surface area contributed by atoms with Gasteiger partial charge in [0.1, 0.15) is 0 Å².